The average molecular weight is 427 g/mol. The van der Waals surface area contributed by atoms with Crippen LogP contribution in [0.15, 0.2) is 29.3 Å². The number of aliphatic hydroxyl groups is 1. The molecule has 28 heavy (non-hydrogen) atoms. The van der Waals surface area contributed by atoms with Crippen molar-refractivity contribution >= 4 is 35.5 Å². The molecule has 0 aliphatic carbocycles. The number of imidazole rings is 1. The Bertz CT molecular complexity index is 1030. The van der Waals surface area contributed by atoms with Crippen molar-refractivity contribution in [3.63, 3.8) is 0 Å². The third-order valence-electron chi connectivity index (χ3n) is 4.12. The Kier molecular flexibility index (Phi) is 5.19. The molecule has 0 amide bonds. The minimum Gasteiger partial charge on any atom is -0.472 e. The van der Waals surface area contributed by atoms with E-state index >= 15 is 0 Å². The second-order valence-electron chi connectivity index (χ2n) is 6.21. The summed E-state index contributed by atoms with van der Waals surface area (Å²) in [6.45, 7) is -2.07. The zero-order chi connectivity index (χ0) is 19.9. The van der Waals surface area contributed by atoms with Gasteiger partial charge in [0.05, 0.1) is 31.1 Å². The smallest absolute Gasteiger partial charge is 0.324 e. The van der Waals surface area contributed by atoms with Crippen LogP contribution in [0, 0.1) is 0 Å². The topological polar surface area (TPSA) is 151 Å². The van der Waals surface area contributed by atoms with Crippen LogP contribution in [0.2, 0.25) is 0 Å². The van der Waals surface area contributed by atoms with Crippen LogP contribution >= 0.6 is 6.72 Å². The Morgan fingerprint density at radius 2 is 2.11 bits per heavy atom. The summed E-state index contributed by atoms with van der Waals surface area (Å²) >= 11 is 4.92. The van der Waals surface area contributed by atoms with Crippen LogP contribution in [-0.2, 0) is 25.6 Å². The highest BCUT2D eigenvalue weighted by molar-refractivity contribution is 8.07. The molecule has 0 spiro atoms. The molecule has 4 rings (SSSR count). The molecule has 4 unspecified atom stereocenters. The minimum absolute atomic E-state index is 0.0121. The van der Waals surface area contributed by atoms with E-state index in [2.05, 4.69) is 15.0 Å². The van der Waals surface area contributed by atoms with Crippen molar-refractivity contribution in [2.45, 2.75) is 25.4 Å². The number of anilines is 1. The third kappa shape index (κ3) is 3.67. The minimum atomic E-state index is -3.47. The summed E-state index contributed by atoms with van der Waals surface area (Å²) in [5.74, 6) is 0.598. The summed E-state index contributed by atoms with van der Waals surface area (Å²) in [6.07, 6.45) is 1.58. The molecule has 4 N–H and O–H groups in total. The van der Waals surface area contributed by atoms with Crippen LogP contribution in [-0.4, -0.2) is 54.9 Å². The molecule has 0 aromatic carbocycles. The zero-order valence-corrected chi connectivity index (χ0v) is 16.4. The van der Waals surface area contributed by atoms with Gasteiger partial charge >= 0.3 is 6.72 Å². The van der Waals surface area contributed by atoms with Crippen molar-refractivity contribution in [1.29, 1.82) is 0 Å². The van der Waals surface area contributed by atoms with E-state index in [0.717, 1.165) is 0 Å². The summed E-state index contributed by atoms with van der Waals surface area (Å²) in [5, 5.41) is 10.8. The van der Waals surface area contributed by atoms with E-state index in [1.54, 1.807) is 17.6 Å². The van der Waals surface area contributed by atoms with E-state index < -0.39 is 25.2 Å². The molecule has 3 aromatic rings. The van der Waals surface area contributed by atoms with Crippen LogP contribution in [0.1, 0.15) is 13.2 Å². The van der Waals surface area contributed by atoms with Gasteiger partial charge in [-0.15, -0.1) is 0 Å². The molecular formula is C15H18N5O6PS. The first kappa shape index (κ1) is 19.4. The van der Waals surface area contributed by atoms with Crippen LogP contribution in [0.4, 0.5) is 5.82 Å². The fourth-order valence-corrected chi connectivity index (χ4v) is 4.03. The molecule has 0 bridgehead atoms. The van der Waals surface area contributed by atoms with Gasteiger partial charge in [0.1, 0.15) is 24.5 Å². The Morgan fingerprint density at radius 3 is 2.86 bits per heavy atom. The maximum atomic E-state index is 10.8. The fourth-order valence-electron chi connectivity index (χ4n) is 2.85. The molecule has 1 aliphatic rings. The van der Waals surface area contributed by atoms with E-state index in [1.807, 2.05) is 0 Å². The lowest BCUT2D eigenvalue weighted by Gasteiger charge is -2.27. The second kappa shape index (κ2) is 7.48. The second-order valence-corrected chi connectivity index (χ2v) is 9.05. The van der Waals surface area contributed by atoms with Crippen molar-refractivity contribution in [1.82, 2.24) is 19.5 Å². The quantitative estimate of drug-likeness (QED) is 0.506. The van der Waals surface area contributed by atoms with Gasteiger partial charge < -0.3 is 33.9 Å². The molecule has 3 aromatic heterocycles. The Balaban J connectivity index is 1.87. The lowest BCUT2D eigenvalue weighted by Crippen LogP contribution is -2.33. The first-order valence-electron chi connectivity index (χ1n) is 8.32. The van der Waals surface area contributed by atoms with Crippen molar-refractivity contribution in [2.75, 3.05) is 18.9 Å². The van der Waals surface area contributed by atoms with Gasteiger partial charge in [-0.25, -0.2) is 15.0 Å². The number of hydrogen-bond donors (Lipinski definition) is 3. The Labute approximate surface area is 164 Å². The maximum absolute atomic E-state index is 10.8. The van der Waals surface area contributed by atoms with Crippen LogP contribution in [0.5, 0.6) is 0 Å². The molecular weight excluding hydrogens is 409 g/mol. The van der Waals surface area contributed by atoms with E-state index in [-0.39, 0.29) is 19.0 Å². The summed E-state index contributed by atoms with van der Waals surface area (Å²) < 4.78 is 23.2. The largest absolute Gasteiger partial charge is 0.472 e. The SMILES string of the molecule is CC1COP(O)(=S)OCC(O)C(n2c(-c3ccoc3)nc3c(N)ncnc32)O1. The first-order chi connectivity index (χ1) is 13.4. The van der Waals surface area contributed by atoms with Gasteiger partial charge in [0, 0.05) is 0 Å². The number of aliphatic hydroxyl groups excluding tert-OH is 1. The highest BCUT2D eigenvalue weighted by Crippen LogP contribution is 2.45. The van der Waals surface area contributed by atoms with E-state index in [0.29, 0.717) is 22.6 Å². The molecule has 0 radical (unpaired) electrons. The number of hydrogen-bond acceptors (Lipinski definition) is 10. The lowest BCUT2D eigenvalue weighted by atomic mass is 10.2. The predicted molar refractivity (Wildman–Crippen MR) is 101 cm³/mol. The monoisotopic (exact) mass is 427 g/mol. The predicted octanol–water partition coefficient (Wildman–Crippen LogP) is 1.20. The number of aromatic nitrogens is 4. The fraction of sp³-hybridized carbons (Fsp3) is 0.400. The van der Waals surface area contributed by atoms with Crippen LogP contribution in [0.25, 0.3) is 22.6 Å². The zero-order valence-electron chi connectivity index (χ0n) is 14.7. The number of furan rings is 1. The molecule has 0 saturated carbocycles. The van der Waals surface area contributed by atoms with Crippen molar-refractivity contribution in [2.24, 2.45) is 0 Å². The Morgan fingerprint density at radius 1 is 1.32 bits per heavy atom. The van der Waals surface area contributed by atoms with Gasteiger partial charge in [-0.3, -0.25) is 4.57 Å². The normalized spacial score (nSPS) is 29.3. The molecule has 150 valence electrons. The van der Waals surface area contributed by atoms with Gasteiger partial charge in [-0.05, 0) is 24.8 Å². The number of fused-ring (bicyclic) bond motifs is 1. The number of nitrogen functional groups attached to an aromatic ring is 1. The van der Waals surface area contributed by atoms with Gasteiger partial charge in [0.15, 0.2) is 23.2 Å². The third-order valence-corrected chi connectivity index (χ3v) is 5.70. The Hall–Kier alpha value is -1.92. The molecule has 1 fully saturated rings. The molecule has 4 atom stereocenters. The molecule has 1 aliphatic heterocycles. The van der Waals surface area contributed by atoms with Crippen LogP contribution in [0.3, 0.4) is 0 Å². The molecule has 11 nitrogen and oxygen atoms in total. The van der Waals surface area contributed by atoms with E-state index in [4.69, 9.17) is 35.7 Å². The summed E-state index contributed by atoms with van der Waals surface area (Å²) in [4.78, 5) is 22.8. The van der Waals surface area contributed by atoms with Crippen molar-refractivity contribution in [3.05, 3.63) is 24.9 Å². The number of rotatable bonds is 2. The molecule has 4 heterocycles. The summed E-state index contributed by atoms with van der Waals surface area (Å²) in [5.41, 5.74) is 7.31. The van der Waals surface area contributed by atoms with Crippen LogP contribution < -0.4 is 5.73 Å². The average Bonchev–Trinajstić information content (AvgIpc) is 3.31. The summed E-state index contributed by atoms with van der Waals surface area (Å²) in [6, 6.07) is 1.71. The van der Waals surface area contributed by atoms with Gasteiger partial charge in [-0.1, -0.05) is 0 Å². The molecule has 13 heteroatoms. The number of nitrogens with zero attached hydrogens (tertiary/aromatic N) is 4. The van der Waals surface area contributed by atoms with Gasteiger partial charge in [-0.2, -0.15) is 0 Å². The number of nitrogens with two attached hydrogens (primary N) is 1. The lowest BCUT2D eigenvalue weighted by molar-refractivity contribution is -0.120. The highest BCUT2D eigenvalue weighted by atomic mass is 32.5. The standard InChI is InChI=1S/C15H18N5O6PS/c1-8-4-24-27(22,28)25-6-10(21)15(26-8)20-13(9-2-3-23-5-9)19-11-12(16)17-7-18-14(11)20/h2-3,5,7-8,10,15,21H,4,6H2,1H3,(H,22,28)(H2,16,17,18). The van der Waals surface area contributed by atoms with Crippen molar-refractivity contribution in [3.8, 4) is 11.4 Å². The van der Waals surface area contributed by atoms with E-state index in [1.165, 1.54) is 18.9 Å². The summed E-state index contributed by atoms with van der Waals surface area (Å²) in [7, 11) is 0. The highest BCUT2D eigenvalue weighted by Gasteiger charge is 2.34. The maximum Gasteiger partial charge on any atom is 0.324 e. The van der Waals surface area contributed by atoms with E-state index in [9.17, 15) is 10.00 Å². The van der Waals surface area contributed by atoms with Crippen molar-refractivity contribution < 1.29 is 28.2 Å². The molecule has 1 saturated heterocycles. The first-order valence-corrected chi connectivity index (χ1v) is 10.9. The van der Waals surface area contributed by atoms with Gasteiger partial charge in [0.2, 0.25) is 0 Å². The van der Waals surface area contributed by atoms with Gasteiger partial charge in [0.25, 0.3) is 0 Å². The number of ether oxygens (including phenoxy) is 1.